The smallest absolute Gasteiger partial charge is 0.364 e. The maximum absolute atomic E-state index is 13.7. The number of carboxylic acid groups (broad SMARTS) is 2. The van der Waals surface area contributed by atoms with Crippen LogP contribution in [0.1, 0.15) is 61.3 Å². The number of carboxylic acids is 2. The van der Waals surface area contributed by atoms with E-state index >= 15 is 0 Å². The zero-order chi connectivity index (χ0) is 107. The third-order valence-corrected chi connectivity index (χ3v) is 25.6. The molecule has 0 aromatic carbocycles. The third kappa shape index (κ3) is 27.1. The van der Waals surface area contributed by atoms with Crippen molar-refractivity contribution in [2.75, 3.05) is 66.1 Å². The minimum absolute atomic E-state index is 0.837. The summed E-state index contributed by atoms with van der Waals surface area (Å²) in [6, 6.07) is -13.9. The zero-order valence-electron chi connectivity index (χ0n) is 77.8. The normalized spacial score (nSPS) is 44.6. The number of rotatable bonds is 41. The second kappa shape index (κ2) is 51.5. The lowest BCUT2D eigenvalue weighted by Crippen LogP contribution is -2.71. The van der Waals surface area contributed by atoms with Crippen molar-refractivity contribution in [1.82, 2.24) is 37.2 Å². The number of ether oxygens (including phenoxy) is 19. The second-order valence-corrected chi connectivity index (χ2v) is 36.1. The molecule has 0 radical (unpaired) electrons. The van der Waals surface area contributed by atoms with Crippen LogP contribution in [0.25, 0.3) is 0 Å². The number of aliphatic carboxylic acids is 2. The van der Waals surface area contributed by atoms with Crippen molar-refractivity contribution < 1.29 is 281 Å². The topological polar surface area (TPSA) is 1000 Å². The van der Waals surface area contributed by atoms with Gasteiger partial charge < -0.3 is 275 Å². The molecule has 10 heterocycles. The minimum Gasteiger partial charge on any atom is -0.477 e. The van der Waals surface area contributed by atoms with Gasteiger partial charge in [0.05, 0.1) is 90.4 Å². The molecule has 10 aliphatic heterocycles. The molecule has 0 aromatic heterocycles. The van der Waals surface area contributed by atoms with Crippen molar-refractivity contribution in [2.45, 2.75) is 379 Å². The first-order valence-corrected chi connectivity index (χ1v) is 45.4. The van der Waals surface area contributed by atoms with E-state index in [4.69, 9.17) is 90.0 Å². The summed E-state index contributed by atoms with van der Waals surface area (Å²) in [5, 5.41) is 343. The van der Waals surface area contributed by atoms with Crippen LogP contribution in [0.15, 0.2) is 0 Å². The molecule has 10 saturated heterocycles. The van der Waals surface area contributed by atoms with E-state index in [0.29, 0.717) is 0 Å². The molecule has 0 saturated carbocycles. The fraction of sp³-hybridized carbons (Fsp3) is 0.887. The molecule has 0 spiro atoms. The van der Waals surface area contributed by atoms with Gasteiger partial charge in [0, 0.05) is 61.3 Å². The van der Waals surface area contributed by atoms with Gasteiger partial charge in [-0.25, -0.2) is 9.59 Å². The number of hydrogen-bond acceptors (Lipinski definition) is 55. The predicted molar refractivity (Wildman–Crippen MR) is 445 cm³/mol. The van der Waals surface area contributed by atoms with E-state index in [1.807, 2.05) is 0 Å². The maximum atomic E-state index is 13.7. The van der Waals surface area contributed by atoms with Gasteiger partial charge in [-0.2, -0.15) is 0 Å². The van der Waals surface area contributed by atoms with Crippen molar-refractivity contribution in [3.63, 3.8) is 0 Å². The Bertz CT molecular complexity index is 4190. The quantitative estimate of drug-likeness (QED) is 0.0270. The van der Waals surface area contributed by atoms with Crippen LogP contribution < -0.4 is 37.2 Å². The summed E-state index contributed by atoms with van der Waals surface area (Å²) < 4.78 is 114. The van der Waals surface area contributed by atoms with Gasteiger partial charge in [0.1, 0.15) is 232 Å². The fourth-order valence-electron chi connectivity index (χ4n) is 18.4. The van der Waals surface area contributed by atoms with Gasteiger partial charge in [-0.1, -0.05) is 0 Å². The number of nitrogens with one attached hydrogen (secondary N) is 7. The zero-order valence-corrected chi connectivity index (χ0v) is 77.8. The first-order chi connectivity index (χ1) is 67.7. The molecule has 0 aliphatic carbocycles. The Morgan fingerprint density at radius 2 is 0.569 bits per heavy atom. The van der Waals surface area contributed by atoms with Gasteiger partial charge in [-0.15, -0.1) is 0 Å². The van der Waals surface area contributed by atoms with Gasteiger partial charge in [0.2, 0.25) is 41.4 Å². The molecule has 64 nitrogen and oxygen atoms in total. The highest BCUT2D eigenvalue weighted by Gasteiger charge is 2.65. The lowest BCUT2D eigenvalue weighted by Gasteiger charge is -2.51. The molecule has 10 aliphatic rings. The largest absolute Gasteiger partial charge is 0.477 e. The highest BCUT2D eigenvalue weighted by molar-refractivity contribution is 5.78. The van der Waals surface area contributed by atoms with Crippen molar-refractivity contribution in [2.24, 2.45) is 0 Å². The molecule has 52 atom stereocenters. The summed E-state index contributed by atoms with van der Waals surface area (Å²) in [5.41, 5.74) is 0. The molecule has 64 heteroatoms. The van der Waals surface area contributed by atoms with Crippen LogP contribution in [0.2, 0.25) is 0 Å². The highest BCUT2D eigenvalue weighted by Crippen LogP contribution is 2.43. The molecule has 10 fully saturated rings. The van der Waals surface area contributed by atoms with E-state index in [-0.39, 0.29) is 0 Å². The van der Waals surface area contributed by atoms with E-state index in [0.717, 1.165) is 48.5 Å². The van der Waals surface area contributed by atoms with Crippen LogP contribution in [-0.2, 0) is 133 Å². The number of aliphatic hydroxyl groups is 27. The predicted octanol–water partition coefficient (Wildman–Crippen LogP) is -23.4. The molecule has 36 N–H and O–H groups in total. The Morgan fingerprint density at radius 1 is 0.285 bits per heavy atom. The molecule has 10 rings (SSSR count). The van der Waals surface area contributed by atoms with E-state index in [1.54, 1.807) is 0 Å². The second-order valence-electron chi connectivity index (χ2n) is 36.1. The Balaban J connectivity index is 1.03. The van der Waals surface area contributed by atoms with Crippen molar-refractivity contribution in [1.29, 1.82) is 0 Å². The first-order valence-electron chi connectivity index (χ1n) is 45.4. The van der Waals surface area contributed by atoms with Crippen LogP contribution in [0.3, 0.4) is 0 Å². The van der Waals surface area contributed by atoms with Crippen molar-refractivity contribution in [3.05, 3.63) is 0 Å². The summed E-state index contributed by atoms with van der Waals surface area (Å²) >= 11 is 0. The lowest BCUT2D eigenvalue weighted by atomic mass is 9.88. The third-order valence-electron chi connectivity index (χ3n) is 25.6. The van der Waals surface area contributed by atoms with E-state index in [9.17, 15) is 191 Å². The Kier molecular flexibility index (Phi) is 42.6. The first kappa shape index (κ1) is 119. The average molecular weight is 2100 g/mol. The van der Waals surface area contributed by atoms with Gasteiger partial charge >= 0.3 is 11.9 Å². The molecule has 1 unspecified atom stereocenters. The number of carbonyl (C=O) groups is 9. The van der Waals surface area contributed by atoms with Crippen LogP contribution in [0, 0.1) is 0 Å². The van der Waals surface area contributed by atoms with Crippen molar-refractivity contribution in [3.8, 4) is 0 Å². The van der Waals surface area contributed by atoms with E-state index in [1.165, 1.54) is 0 Å². The van der Waals surface area contributed by atoms with Crippen LogP contribution in [0.5, 0.6) is 0 Å². The van der Waals surface area contributed by atoms with Crippen LogP contribution in [-0.4, -0.2) is 585 Å². The summed E-state index contributed by atoms with van der Waals surface area (Å²) in [4.78, 5) is 118. The molecular weight excluding hydrogens is 1970 g/mol. The van der Waals surface area contributed by atoms with Crippen LogP contribution in [0.4, 0.5) is 0 Å². The minimum atomic E-state index is -3.32. The summed E-state index contributed by atoms with van der Waals surface area (Å²) in [5.74, 6) is -17.8. The molecular formula is C80H131N7O57. The lowest BCUT2D eigenvalue weighted by molar-refractivity contribution is -0.387. The Labute approximate surface area is 814 Å². The van der Waals surface area contributed by atoms with E-state index in [2.05, 4.69) is 37.2 Å². The summed E-state index contributed by atoms with van der Waals surface area (Å²) in [6.07, 6.45) is -99.7. The van der Waals surface area contributed by atoms with Gasteiger partial charge in [0.25, 0.3) is 11.6 Å². The molecule has 7 amide bonds. The molecule has 828 valence electrons. The summed E-state index contributed by atoms with van der Waals surface area (Å²) in [7, 11) is 0. The van der Waals surface area contributed by atoms with Gasteiger partial charge in [-0.05, 0) is 0 Å². The SMILES string of the molecule is CC(=O)N[C@H]1[C@H](OC[C@H]2O[C@@H](O[C@H]3[C@H](O)[C@@H](NC(C)=O)[C@H](O[C@H]4[C@@H](O)[C@@H](CO[C@]5(C(=O)O)C[C@H](O)[C@@H](NC(C)=O)[C@H]([C@H](O)[C@H](O)CO)O5)OC(O)[C@@H]4NC(C)=O)O[C@@H]3CO)[C@H](O)[C@@H](O[C@@H]3O[C@H](CO)[C@@H](O)[C@H](O[C@@H]4O[C@H](CO)[C@H](O)[C@H](O[C@H]5O[C@H](CO)[C@H](O)[C@H](O)[C@H]5NC(C)=O)[C@H]4O)[C@H]3NC(C)=O)[C@H]2O)O[C@H](CO[C@]2(C(=O)O)C[C@H](O)[C@@H](NC(C)=O)[C@H]([C@H](O)[C@H](O)CO)O2)[C@@H](O[C@@H]2O[C@H](CO)[C@H](O)[C@H](O)[C@H]2O)[C@@H]1O. The highest BCUT2D eigenvalue weighted by atomic mass is 16.8. The Hall–Kier alpha value is -6.61. The monoisotopic (exact) mass is 2100 g/mol. The van der Waals surface area contributed by atoms with Crippen LogP contribution >= 0.6 is 0 Å². The van der Waals surface area contributed by atoms with E-state index < -0.39 is 450 Å². The molecule has 0 aromatic rings. The number of aliphatic hydroxyl groups excluding tert-OH is 27. The fourth-order valence-corrected chi connectivity index (χ4v) is 18.4. The number of hydrogen-bond donors (Lipinski definition) is 36. The average Bonchev–Trinajstić information content (AvgIpc) is 0.761. The number of carbonyl (C=O) groups excluding carboxylic acids is 7. The molecule has 144 heavy (non-hydrogen) atoms. The summed E-state index contributed by atoms with van der Waals surface area (Å²) in [6.45, 7) is -6.35. The Morgan fingerprint density at radius 3 is 0.986 bits per heavy atom. The van der Waals surface area contributed by atoms with Gasteiger partial charge in [0.15, 0.2) is 50.3 Å². The standard InChI is InChI=1S/C80H131N7O57/c1-20(95)81-39-27(102)8-79(77(122)123,143-65(39)46(106)29(104)10-88)127-18-37-52(112)63(44(69(121)129-37)86-25(6)100)139-72-43(85-24(5)99)56(116)61(35(16-94)134-72)137-76-60(120)68(142-73-45(87-26(7)101)64(50(110)33(14-92)131-73)140-75-59(119)67(51(111)34(15-93)133-75)141-71-41(83-22(3)97)54(114)48(108)31(12-90)130-71)53(113)36(135-76)17-126-70-42(84-23(4)98)55(115)62(138-74-58(118)57(117)49(109)32(13-91)132-74)38(136-70)19-128-80(78(124)125)9-28(103)40(82-21(2)96)66(144-80)47(107)30(105)11-89/h27-76,88-94,102-121H,8-19H2,1-7H3,(H,81,95)(H,82,96)(H,83,97)(H,84,98)(H,85,99)(H,86,100)(H,87,101)(H,122,123)(H,124,125)/t27-,28-,29+,30+,31+,32+,33+,34+,35+,36+,37+,38+,39+,40+,41+,42+,43+,44+,45+,46+,47+,48-,49-,50+,51-,52-,53-,54+,55+,56+,57-,58+,59+,60+,61+,62+,63+,64+,65+,66+,67-,68-,69?,70+,71+,72-,73-,74-,75-,76-,79+,80+/m0/s1. The van der Waals surface area contributed by atoms with Gasteiger partial charge in [-0.3, -0.25) is 33.6 Å². The molecule has 0 bridgehead atoms. The van der Waals surface area contributed by atoms with Crippen molar-refractivity contribution >= 4 is 53.3 Å². The number of amides is 7. The maximum Gasteiger partial charge on any atom is 0.364 e.